The zero-order chi connectivity index (χ0) is 8.93. The number of aromatic nitrogens is 2. The van der Waals surface area contributed by atoms with Crippen LogP contribution in [0.15, 0.2) is 12.4 Å². The lowest BCUT2D eigenvalue weighted by Gasteiger charge is -2.08. The first-order valence-electron chi connectivity index (χ1n) is 5.18. The Labute approximate surface area is 79.0 Å². The van der Waals surface area contributed by atoms with Gasteiger partial charge in [-0.1, -0.05) is 25.7 Å². The second-order valence-electron chi connectivity index (χ2n) is 3.80. The molecule has 0 atom stereocenters. The standard InChI is InChI=1S/C10H17N3/c1-2-4-9(3-1)5-6-11-10-12-7-8-13-10/h7-9H,1-6H2,(H2,11,12,13). The molecule has 1 heterocycles. The maximum Gasteiger partial charge on any atom is 0.200 e. The zero-order valence-corrected chi connectivity index (χ0v) is 7.92. The molecule has 2 rings (SSSR count). The predicted molar refractivity (Wildman–Crippen MR) is 53.7 cm³/mol. The van der Waals surface area contributed by atoms with Crippen molar-refractivity contribution < 1.29 is 0 Å². The molecule has 0 radical (unpaired) electrons. The van der Waals surface area contributed by atoms with Crippen LogP contribution in [0, 0.1) is 5.92 Å². The van der Waals surface area contributed by atoms with Gasteiger partial charge in [-0.25, -0.2) is 4.98 Å². The van der Waals surface area contributed by atoms with Crippen molar-refractivity contribution in [3.8, 4) is 0 Å². The smallest absolute Gasteiger partial charge is 0.200 e. The van der Waals surface area contributed by atoms with Gasteiger partial charge in [0.05, 0.1) is 0 Å². The third-order valence-corrected chi connectivity index (χ3v) is 2.82. The molecule has 0 amide bonds. The van der Waals surface area contributed by atoms with Gasteiger partial charge in [0.25, 0.3) is 0 Å². The first-order valence-corrected chi connectivity index (χ1v) is 5.18. The molecule has 1 aliphatic carbocycles. The molecule has 1 aromatic rings. The van der Waals surface area contributed by atoms with Gasteiger partial charge in [-0.15, -0.1) is 0 Å². The van der Waals surface area contributed by atoms with Gasteiger partial charge in [-0.05, 0) is 12.3 Å². The van der Waals surface area contributed by atoms with Crippen molar-refractivity contribution in [2.45, 2.75) is 32.1 Å². The monoisotopic (exact) mass is 179 g/mol. The van der Waals surface area contributed by atoms with Crippen LogP contribution in [0.3, 0.4) is 0 Å². The van der Waals surface area contributed by atoms with Crippen molar-refractivity contribution in [3.05, 3.63) is 12.4 Å². The Bertz CT molecular complexity index is 224. The summed E-state index contributed by atoms with van der Waals surface area (Å²) in [6.07, 6.45) is 10.6. The number of hydrogen-bond donors (Lipinski definition) is 2. The van der Waals surface area contributed by atoms with Crippen molar-refractivity contribution in [3.63, 3.8) is 0 Å². The van der Waals surface area contributed by atoms with Crippen molar-refractivity contribution in [2.75, 3.05) is 11.9 Å². The average Bonchev–Trinajstić information content (AvgIpc) is 2.75. The summed E-state index contributed by atoms with van der Waals surface area (Å²) < 4.78 is 0. The Morgan fingerprint density at radius 1 is 1.46 bits per heavy atom. The summed E-state index contributed by atoms with van der Waals surface area (Å²) in [4.78, 5) is 7.15. The molecule has 0 bridgehead atoms. The largest absolute Gasteiger partial charge is 0.356 e. The molecule has 0 aliphatic heterocycles. The van der Waals surface area contributed by atoms with Crippen LogP contribution in [-0.2, 0) is 0 Å². The first kappa shape index (κ1) is 8.60. The minimum atomic E-state index is 0.901. The molecule has 13 heavy (non-hydrogen) atoms. The fourth-order valence-corrected chi connectivity index (χ4v) is 2.06. The molecule has 1 aromatic heterocycles. The number of imidazole rings is 1. The van der Waals surface area contributed by atoms with Gasteiger partial charge in [0.2, 0.25) is 0 Å². The van der Waals surface area contributed by atoms with Gasteiger partial charge in [-0.2, -0.15) is 0 Å². The number of nitrogens with zero attached hydrogens (tertiary/aromatic N) is 1. The minimum absolute atomic E-state index is 0.901. The molecule has 1 aliphatic rings. The van der Waals surface area contributed by atoms with Crippen LogP contribution in [0.5, 0.6) is 0 Å². The molecule has 0 spiro atoms. The highest BCUT2D eigenvalue weighted by atomic mass is 15.1. The van der Waals surface area contributed by atoms with E-state index in [-0.39, 0.29) is 0 Å². The molecule has 1 fully saturated rings. The summed E-state index contributed by atoms with van der Waals surface area (Å²) in [6.45, 7) is 1.05. The number of nitrogens with one attached hydrogen (secondary N) is 2. The number of anilines is 1. The van der Waals surface area contributed by atoms with Gasteiger partial charge in [-0.3, -0.25) is 0 Å². The highest BCUT2D eigenvalue weighted by Crippen LogP contribution is 2.27. The second-order valence-corrected chi connectivity index (χ2v) is 3.80. The molecular weight excluding hydrogens is 162 g/mol. The van der Waals surface area contributed by atoms with E-state index in [0.29, 0.717) is 0 Å². The predicted octanol–water partition coefficient (Wildman–Crippen LogP) is 2.40. The van der Waals surface area contributed by atoms with Crippen LogP contribution in [0.1, 0.15) is 32.1 Å². The SMILES string of the molecule is c1c[nH]c(NCCC2CCCC2)n1. The number of rotatable bonds is 4. The number of aromatic amines is 1. The van der Waals surface area contributed by atoms with Crippen LogP contribution in [0.2, 0.25) is 0 Å². The first-order chi connectivity index (χ1) is 6.45. The zero-order valence-electron chi connectivity index (χ0n) is 7.92. The van der Waals surface area contributed by atoms with Crippen LogP contribution >= 0.6 is 0 Å². The average molecular weight is 179 g/mol. The van der Waals surface area contributed by atoms with Crippen LogP contribution in [0.25, 0.3) is 0 Å². The fraction of sp³-hybridized carbons (Fsp3) is 0.700. The molecule has 3 nitrogen and oxygen atoms in total. The topological polar surface area (TPSA) is 40.7 Å². The van der Waals surface area contributed by atoms with E-state index < -0.39 is 0 Å². The Morgan fingerprint density at radius 3 is 3.00 bits per heavy atom. The van der Waals surface area contributed by atoms with E-state index in [9.17, 15) is 0 Å². The van der Waals surface area contributed by atoms with Crippen molar-refractivity contribution in [1.29, 1.82) is 0 Å². The highest BCUT2D eigenvalue weighted by molar-refractivity contribution is 5.22. The molecule has 0 aromatic carbocycles. The third-order valence-electron chi connectivity index (χ3n) is 2.82. The van der Waals surface area contributed by atoms with Crippen molar-refractivity contribution >= 4 is 5.95 Å². The van der Waals surface area contributed by atoms with E-state index in [1.807, 2.05) is 6.20 Å². The summed E-state index contributed by atoms with van der Waals surface area (Å²) in [7, 11) is 0. The maximum absolute atomic E-state index is 4.11. The van der Waals surface area contributed by atoms with Crippen LogP contribution < -0.4 is 5.32 Å². The lowest BCUT2D eigenvalue weighted by Crippen LogP contribution is -2.07. The third kappa shape index (κ3) is 2.47. The quantitative estimate of drug-likeness (QED) is 0.745. The van der Waals surface area contributed by atoms with Gasteiger partial charge < -0.3 is 10.3 Å². The second kappa shape index (κ2) is 4.30. The molecule has 0 unspecified atom stereocenters. The lowest BCUT2D eigenvalue weighted by molar-refractivity contribution is 0.518. The van der Waals surface area contributed by atoms with Crippen LogP contribution in [0.4, 0.5) is 5.95 Å². The minimum Gasteiger partial charge on any atom is -0.356 e. The van der Waals surface area contributed by atoms with Crippen molar-refractivity contribution in [2.24, 2.45) is 5.92 Å². The van der Waals surface area contributed by atoms with Crippen LogP contribution in [-0.4, -0.2) is 16.5 Å². The molecular formula is C10H17N3. The van der Waals surface area contributed by atoms with E-state index in [1.165, 1.54) is 32.1 Å². The van der Waals surface area contributed by atoms with E-state index in [1.54, 1.807) is 6.20 Å². The van der Waals surface area contributed by atoms with E-state index in [0.717, 1.165) is 18.4 Å². The molecule has 2 N–H and O–H groups in total. The summed E-state index contributed by atoms with van der Waals surface area (Å²) in [5.41, 5.74) is 0. The van der Waals surface area contributed by atoms with Gasteiger partial charge in [0.1, 0.15) is 0 Å². The van der Waals surface area contributed by atoms with Gasteiger partial charge in [0.15, 0.2) is 5.95 Å². The normalized spacial score (nSPS) is 17.8. The van der Waals surface area contributed by atoms with Crippen molar-refractivity contribution in [1.82, 2.24) is 9.97 Å². The Balaban J connectivity index is 1.63. The molecule has 1 saturated carbocycles. The summed E-state index contributed by atoms with van der Waals surface area (Å²) >= 11 is 0. The maximum atomic E-state index is 4.11. The van der Waals surface area contributed by atoms with Gasteiger partial charge >= 0.3 is 0 Å². The Hall–Kier alpha value is -0.990. The molecule has 0 saturated heterocycles. The Kier molecular flexibility index (Phi) is 2.85. The number of hydrogen-bond acceptors (Lipinski definition) is 2. The number of H-pyrrole nitrogens is 1. The summed E-state index contributed by atoms with van der Waals surface area (Å²) in [5, 5.41) is 3.28. The van der Waals surface area contributed by atoms with Gasteiger partial charge in [0, 0.05) is 18.9 Å². The highest BCUT2D eigenvalue weighted by Gasteiger charge is 2.13. The molecule has 72 valence electrons. The summed E-state index contributed by atoms with van der Waals surface area (Å²) in [6, 6.07) is 0. The molecule has 3 heteroatoms. The fourth-order valence-electron chi connectivity index (χ4n) is 2.06. The lowest BCUT2D eigenvalue weighted by atomic mass is 10.0. The summed E-state index contributed by atoms with van der Waals surface area (Å²) in [5.74, 6) is 1.86. The van der Waals surface area contributed by atoms with E-state index in [2.05, 4.69) is 15.3 Å². The van der Waals surface area contributed by atoms with E-state index >= 15 is 0 Å². The Morgan fingerprint density at radius 2 is 2.31 bits per heavy atom. The van der Waals surface area contributed by atoms with E-state index in [4.69, 9.17) is 0 Å².